The van der Waals surface area contributed by atoms with Gasteiger partial charge in [0.1, 0.15) is 12.1 Å². The number of nitrogens with one attached hydrogen (secondary N) is 1. The average Bonchev–Trinajstić information content (AvgIpc) is 3.18. The Morgan fingerprint density at radius 2 is 1.77 bits per heavy atom. The molecule has 1 heterocycles. The van der Waals surface area contributed by atoms with Gasteiger partial charge in [0.15, 0.2) is 11.5 Å². The van der Waals surface area contributed by atoms with Gasteiger partial charge in [-0.1, -0.05) is 35.5 Å². The fraction of sp³-hybridized carbons (Fsp3) is 0.455. The van der Waals surface area contributed by atoms with E-state index in [1.165, 1.54) is 11.0 Å². The van der Waals surface area contributed by atoms with Crippen molar-refractivity contribution in [1.29, 1.82) is 0 Å². The third kappa shape index (κ3) is 8.21. The summed E-state index contributed by atoms with van der Waals surface area (Å²) in [4.78, 5) is 40.5. The lowest BCUT2D eigenvalue weighted by atomic mass is 10.1. The minimum atomic E-state index is -0.648. The second kappa shape index (κ2) is 10.7. The molecule has 0 bridgehead atoms. The van der Waals surface area contributed by atoms with Crippen LogP contribution in [0, 0.1) is 0 Å². The Hall–Kier alpha value is -3.20. The molecule has 0 aliphatic carbocycles. The van der Waals surface area contributed by atoms with E-state index in [4.69, 9.17) is 9.26 Å². The number of ether oxygens (including phenoxy) is 1. The van der Waals surface area contributed by atoms with E-state index < -0.39 is 23.4 Å². The lowest BCUT2D eigenvalue weighted by molar-refractivity contribution is -0.158. The zero-order valence-corrected chi connectivity index (χ0v) is 18.7. The van der Waals surface area contributed by atoms with Crippen LogP contribution in [0.1, 0.15) is 31.3 Å². The molecule has 2 aromatic rings. The standard InChI is InChI=1S/C22H30N4O5/c1-22(2,3)30-20(28)15-26(12-11-25(4)5)19(27)14-23-21(29)17-13-18(31-24-17)16-9-7-6-8-10-16/h6-10,13H,11-12,14-15H2,1-5H3,(H,23,29). The van der Waals surface area contributed by atoms with Gasteiger partial charge < -0.3 is 24.4 Å². The molecule has 0 saturated heterocycles. The van der Waals surface area contributed by atoms with Crippen molar-refractivity contribution in [2.45, 2.75) is 26.4 Å². The van der Waals surface area contributed by atoms with Gasteiger partial charge in [-0.25, -0.2) is 0 Å². The second-order valence-corrected chi connectivity index (χ2v) is 8.33. The van der Waals surface area contributed by atoms with Gasteiger partial charge in [0.2, 0.25) is 5.91 Å². The molecule has 0 unspecified atom stereocenters. The highest BCUT2D eigenvalue weighted by Gasteiger charge is 2.23. The monoisotopic (exact) mass is 430 g/mol. The highest BCUT2D eigenvalue weighted by Crippen LogP contribution is 2.19. The van der Waals surface area contributed by atoms with Crippen LogP contribution >= 0.6 is 0 Å². The van der Waals surface area contributed by atoms with Crippen LogP contribution in [0.15, 0.2) is 40.9 Å². The molecule has 0 fully saturated rings. The van der Waals surface area contributed by atoms with Crippen LogP contribution in [0.3, 0.4) is 0 Å². The molecule has 9 heteroatoms. The van der Waals surface area contributed by atoms with Gasteiger partial charge in [-0.3, -0.25) is 14.4 Å². The van der Waals surface area contributed by atoms with Gasteiger partial charge >= 0.3 is 5.97 Å². The quantitative estimate of drug-likeness (QED) is 0.605. The van der Waals surface area contributed by atoms with E-state index in [-0.39, 0.29) is 18.8 Å². The number of carbonyl (C=O) groups excluding carboxylic acids is 3. The predicted molar refractivity (Wildman–Crippen MR) is 115 cm³/mol. The number of rotatable bonds is 9. The van der Waals surface area contributed by atoms with Crippen LogP contribution < -0.4 is 5.32 Å². The fourth-order valence-electron chi connectivity index (χ4n) is 2.62. The zero-order chi connectivity index (χ0) is 23.0. The highest BCUT2D eigenvalue weighted by atomic mass is 16.6. The molecule has 9 nitrogen and oxygen atoms in total. The largest absolute Gasteiger partial charge is 0.459 e. The van der Waals surface area contributed by atoms with Gasteiger partial charge in [0, 0.05) is 24.7 Å². The molecule has 0 aliphatic heterocycles. The summed E-state index contributed by atoms with van der Waals surface area (Å²) in [7, 11) is 3.74. The fourth-order valence-corrected chi connectivity index (χ4v) is 2.62. The first-order chi connectivity index (χ1) is 14.5. The molecule has 31 heavy (non-hydrogen) atoms. The van der Waals surface area contributed by atoms with E-state index >= 15 is 0 Å². The van der Waals surface area contributed by atoms with Crippen molar-refractivity contribution < 1.29 is 23.6 Å². The van der Waals surface area contributed by atoms with Crippen molar-refractivity contribution >= 4 is 17.8 Å². The van der Waals surface area contributed by atoms with Crippen molar-refractivity contribution in [3.8, 4) is 11.3 Å². The number of nitrogens with zero attached hydrogens (tertiary/aromatic N) is 3. The smallest absolute Gasteiger partial charge is 0.326 e. The summed E-state index contributed by atoms with van der Waals surface area (Å²) in [6, 6.07) is 10.8. The van der Waals surface area contributed by atoms with Crippen LogP contribution in [-0.2, 0) is 14.3 Å². The number of aromatic nitrogens is 1. The maximum atomic E-state index is 12.7. The van der Waals surface area contributed by atoms with Crippen molar-refractivity contribution in [3.05, 3.63) is 42.1 Å². The summed E-state index contributed by atoms with van der Waals surface area (Å²) in [6.07, 6.45) is 0. The Bertz CT molecular complexity index is 887. The predicted octanol–water partition coefficient (Wildman–Crippen LogP) is 1.80. The Balaban J connectivity index is 1.96. The van der Waals surface area contributed by atoms with Crippen molar-refractivity contribution in [2.24, 2.45) is 0 Å². The number of hydrogen-bond acceptors (Lipinski definition) is 7. The number of esters is 1. The molecular formula is C22H30N4O5. The van der Waals surface area contributed by atoms with E-state index in [2.05, 4.69) is 10.5 Å². The van der Waals surface area contributed by atoms with Crippen LogP contribution in [-0.4, -0.2) is 78.6 Å². The van der Waals surface area contributed by atoms with Gasteiger partial charge in [-0.15, -0.1) is 0 Å². The van der Waals surface area contributed by atoms with E-state index in [0.29, 0.717) is 18.8 Å². The summed E-state index contributed by atoms with van der Waals surface area (Å²) in [6.45, 7) is 5.70. The number of carbonyl (C=O) groups is 3. The van der Waals surface area contributed by atoms with E-state index in [1.807, 2.05) is 49.3 Å². The molecule has 0 spiro atoms. The molecule has 0 saturated carbocycles. The minimum Gasteiger partial charge on any atom is -0.459 e. The second-order valence-electron chi connectivity index (χ2n) is 8.33. The molecule has 1 N–H and O–H groups in total. The number of likely N-dealkylation sites (N-methyl/N-ethyl adjacent to an activating group) is 1. The van der Waals surface area contributed by atoms with Crippen molar-refractivity contribution in [2.75, 3.05) is 40.3 Å². The van der Waals surface area contributed by atoms with Gasteiger partial charge in [0.25, 0.3) is 5.91 Å². The molecule has 2 amide bonds. The third-order valence-electron chi connectivity index (χ3n) is 4.11. The Morgan fingerprint density at radius 3 is 2.39 bits per heavy atom. The van der Waals surface area contributed by atoms with E-state index in [0.717, 1.165) is 5.56 Å². The molecule has 0 atom stereocenters. The first-order valence-corrected chi connectivity index (χ1v) is 10.00. The maximum absolute atomic E-state index is 12.7. The van der Waals surface area contributed by atoms with Crippen LogP contribution in [0.4, 0.5) is 0 Å². The number of amides is 2. The van der Waals surface area contributed by atoms with Crippen molar-refractivity contribution in [3.63, 3.8) is 0 Å². The van der Waals surface area contributed by atoms with Crippen LogP contribution in [0.25, 0.3) is 11.3 Å². The zero-order valence-electron chi connectivity index (χ0n) is 18.7. The number of benzene rings is 1. The molecule has 2 rings (SSSR count). The Kier molecular flexibility index (Phi) is 8.32. The van der Waals surface area contributed by atoms with E-state index in [1.54, 1.807) is 20.8 Å². The van der Waals surface area contributed by atoms with E-state index in [9.17, 15) is 14.4 Å². The molecular weight excluding hydrogens is 400 g/mol. The summed E-state index contributed by atoms with van der Waals surface area (Å²) in [5, 5.41) is 6.31. The normalized spacial score (nSPS) is 11.3. The Morgan fingerprint density at radius 1 is 1.10 bits per heavy atom. The van der Waals surface area contributed by atoms with Crippen LogP contribution in [0.2, 0.25) is 0 Å². The lowest BCUT2D eigenvalue weighted by Gasteiger charge is -2.26. The first kappa shape index (κ1) is 24.1. The molecule has 1 aromatic heterocycles. The summed E-state index contributed by atoms with van der Waals surface area (Å²) in [5.74, 6) is -0.985. The third-order valence-corrected chi connectivity index (χ3v) is 4.11. The van der Waals surface area contributed by atoms with Crippen molar-refractivity contribution in [1.82, 2.24) is 20.3 Å². The SMILES string of the molecule is CN(C)CCN(CC(=O)OC(C)(C)C)C(=O)CNC(=O)c1cc(-c2ccccc2)on1. The topological polar surface area (TPSA) is 105 Å². The lowest BCUT2D eigenvalue weighted by Crippen LogP contribution is -2.46. The molecule has 0 aliphatic rings. The summed E-state index contributed by atoms with van der Waals surface area (Å²) >= 11 is 0. The molecule has 168 valence electrons. The van der Waals surface area contributed by atoms with Crippen LogP contribution in [0.5, 0.6) is 0 Å². The highest BCUT2D eigenvalue weighted by molar-refractivity contribution is 5.95. The minimum absolute atomic E-state index is 0.0682. The first-order valence-electron chi connectivity index (χ1n) is 10.00. The molecule has 0 radical (unpaired) electrons. The van der Waals surface area contributed by atoms with Gasteiger partial charge in [-0.2, -0.15) is 0 Å². The number of hydrogen-bond donors (Lipinski definition) is 1. The average molecular weight is 431 g/mol. The summed E-state index contributed by atoms with van der Waals surface area (Å²) < 4.78 is 10.5. The van der Waals surface area contributed by atoms with Gasteiger partial charge in [-0.05, 0) is 34.9 Å². The summed E-state index contributed by atoms with van der Waals surface area (Å²) in [5.41, 5.74) is 0.210. The van der Waals surface area contributed by atoms with Gasteiger partial charge in [0.05, 0.1) is 6.54 Å². The maximum Gasteiger partial charge on any atom is 0.326 e. The molecule has 1 aromatic carbocycles. The Labute approximate surface area is 182 Å².